The van der Waals surface area contributed by atoms with E-state index in [1.807, 2.05) is 39.0 Å². The zero-order chi connectivity index (χ0) is 18.2. The van der Waals surface area contributed by atoms with Crippen LogP contribution < -0.4 is 0 Å². The van der Waals surface area contributed by atoms with Gasteiger partial charge in [-0.05, 0) is 34.1 Å². The van der Waals surface area contributed by atoms with Crippen molar-refractivity contribution >= 4 is 6.09 Å². The molecule has 0 N–H and O–H groups in total. The van der Waals surface area contributed by atoms with Crippen molar-refractivity contribution in [1.82, 2.24) is 4.90 Å². The molecule has 2 rings (SSSR count). The average molecular weight is 337 g/mol. The first-order chi connectivity index (χ1) is 11.3. The van der Waals surface area contributed by atoms with E-state index in [1.165, 1.54) is 5.56 Å². The molecule has 1 amide bonds. The predicted octanol–water partition coefficient (Wildman–Crippen LogP) is 3.65. The van der Waals surface area contributed by atoms with Crippen LogP contribution >= 0.6 is 0 Å². The molecule has 1 saturated heterocycles. The molecular weight excluding hydrogens is 306 g/mol. The first kappa shape index (κ1) is 20.5. The topological polar surface area (TPSA) is 48.0 Å². The Morgan fingerprint density at radius 3 is 2.08 bits per heavy atom. The highest BCUT2D eigenvalue weighted by Gasteiger charge is 2.33. The first-order valence-corrected chi connectivity index (χ1v) is 8.32. The number of carbonyl (C=O) groups is 1. The molecule has 24 heavy (non-hydrogen) atoms. The van der Waals surface area contributed by atoms with Gasteiger partial charge in [0.1, 0.15) is 11.7 Å². The van der Waals surface area contributed by atoms with Crippen molar-refractivity contribution in [2.24, 2.45) is 0 Å². The molecule has 136 valence electrons. The van der Waals surface area contributed by atoms with Crippen LogP contribution in [0.3, 0.4) is 0 Å². The lowest BCUT2D eigenvalue weighted by Gasteiger charge is -2.37. The number of ether oxygens (including phenoxy) is 3. The van der Waals surface area contributed by atoms with Gasteiger partial charge < -0.3 is 19.1 Å². The molecule has 1 fully saturated rings. The normalized spacial score (nSPS) is 20.8. The Hall–Kier alpha value is -1.59. The van der Waals surface area contributed by atoms with Crippen LogP contribution in [0, 0.1) is 6.92 Å². The summed E-state index contributed by atoms with van der Waals surface area (Å²) >= 11 is 0. The molecule has 0 aromatic heterocycles. The third-order valence-electron chi connectivity index (χ3n) is 3.70. The second-order valence-corrected chi connectivity index (χ2v) is 6.92. The van der Waals surface area contributed by atoms with Crippen molar-refractivity contribution < 1.29 is 19.0 Å². The van der Waals surface area contributed by atoms with Crippen LogP contribution in [0.4, 0.5) is 4.79 Å². The summed E-state index contributed by atoms with van der Waals surface area (Å²) in [5.41, 5.74) is 0.861. The lowest BCUT2D eigenvalue weighted by Crippen LogP contribution is -2.51. The maximum Gasteiger partial charge on any atom is 0.410 e. The van der Waals surface area contributed by atoms with E-state index < -0.39 is 5.60 Å². The molecule has 0 bridgehead atoms. The van der Waals surface area contributed by atoms with Gasteiger partial charge in [-0.25, -0.2) is 4.79 Å². The SMILES string of the molecule is COC1CCN(C(=O)OC(C)(C)C)CC1OC.Cc1ccccc1. The standard InChI is InChI=1S/C12H23NO4.C7H8/c1-12(2,3)17-11(14)13-7-6-9(15-4)10(8-13)16-5;1-7-5-3-2-4-6-7/h9-10H,6-8H2,1-5H3;2-6H,1H3. The number of likely N-dealkylation sites (tertiary alicyclic amines) is 1. The van der Waals surface area contributed by atoms with Crippen molar-refractivity contribution in [1.29, 1.82) is 0 Å². The summed E-state index contributed by atoms with van der Waals surface area (Å²) in [7, 11) is 3.30. The Morgan fingerprint density at radius 2 is 1.67 bits per heavy atom. The number of hydrogen-bond donors (Lipinski definition) is 0. The fourth-order valence-corrected chi connectivity index (χ4v) is 2.42. The Balaban J connectivity index is 0.000000341. The second kappa shape index (κ2) is 9.64. The van der Waals surface area contributed by atoms with E-state index in [2.05, 4.69) is 19.1 Å². The minimum absolute atomic E-state index is 0.0543. The molecule has 1 heterocycles. The monoisotopic (exact) mass is 337 g/mol. The second-order valence-electron chi connectivity index (χ2n) is 6.92. The number of hydrogen-bond acceptors (Lipinski definition) is 4. The highest BCUT2D eigenvalue weighted by molar-refractivity contribution is 5.68. The molecule has 0 spiro atoms. The summed E-state index contributed by atoms with van der Waals surface area (Å²) in [4.78, 5) is 13.6. The number of aryl methyl sites for hydroxylation is 1. The number of rotatable bonds is 2. The van der Waals surface area contributed by atoms with E-state index in [-0.39, 0.29) is 18.3 Å². The zero-order valence-electron chi connectivity index (χ0n) is 15.7. The van der Waals surface area contributed by atoms with Gasteiger partial charge in [0, 0.05) is 20.8 Å². The fraction of sp³-hybridized carbons (Fsp3) is 0.632. The first-order valence-electron chi connectivity index (χ1n) is 8.32. The van der Waals surface area contributed by atoms with Gasteiger partial charge >= 0.3 is 6.09 Å². The van der Waals surface area contributed by atoms with Crippen molar-refractivity contribution in [3.05, 3.63) is 35.9 Å². The maximum atomic E-state index is 11.9. The number of methoxy groups -OCH3 is 2. The van der Waals surface area contributed by atoms with Crippen molar-refractivity contribution in [2.45, 2.75) is 51.9 Å². The molecule has 5 heteroatoms. The Kier molecular flexibility index (Phi) is 8.22. The predicted molar refractivity (Wildman–Crippen MR) is 95.2 cm³/mol. The van der Waals surface area contributed by atoms with Crippen LogP contribution in [0.2, 0.25) is 0 Å². The summed E-state index contributed by atoms with van der Waals surface area (Å²) in [5.74, 6) is 0. The maximum absolute atomic E-state index is 11.9. The lowest BCUT2D eigenvalue weighted by atomic mass is 10.1. The van der Waals surface area contributed by atoms with Crippen molar-refractivity contribution in [2.75, 3.05) is 27.3 Å². The summed E-state index contributed by atoms with van der Waals surface area (Å²) in [5, 5.41) is 0. The summed E-state index contributed by atoms with van der Waals surface area (Å²) in [6, 6.07) is 10.3. The number of amides is 1. The number of carbonyl (C=O) groups excluding carboxylic acids is 1. The number of benzene rings is 1. The molecule has 0 saturated carbocycles. The minimum Gasteiger partial charge on any atom is -0.444 e. The van der Waals surface area contributed by atoms with Gasteiger partial charge in [0.05, 0.1) is 12.6 Å². The molecule has 1 aliphatic rings. The van der Waals surface area contributed by atoms with Gasteiger partial charge in [0.2, 0.25) is 0 Å². The van der Waals surface area contributed by atoms with E-state index in [4.69, 9.17) is 14.2 Å². The zero-order valence-corrected chi connectivity index (χ0v) is 15.7. The van der Waals surface area contributed by atoms with E-state index in [0.29, 0.717) is 13.1 Å². The molecule has 2 atom stereocenters. The van der Waals surface area contributed by atoms with Gasteiger partial charge in [-0.2, -0.15) is 0 Å². The van der Waals surface area contributed by atoms with Crippen molar-refractivity contribution in [3.8, 4) is 0 Å². The third kappa shape index (κ3) is 7.32. The molecule has 1 aliphatic heterocycles. The van der Waals surface area contributed by atoms with Crippen LogP contribution in [-0.2, 0) is 14.2 Å². The molecule has 0 radical (unpaired) electrons. The van der Waals surface area contributed by atoms with Crippen molar-refractivity contribution in [3.63, 3.8) is 0 Å². The summed E-state index contributed by atoms with van der Waals surface area (Å²) < 4.78 is 16.0. The highest BCUT2D eigenvalue weighted by Crippen LogP contribution is 2.19. The lowest BCUT2D eigenvalue weighted by molar-refractivity contribution is -0.0804. The molecule has 0 aliphatic carbocycles. The van der Waals surface area contributed by atoms with E-state index >= 15 is 0 Å². The molecule has 1 aromatic rings. The minimum atomic E-state index is -0.461. The average Bonchev–Trinajstić information content (AvgIpc) is 2.54. The molecular formula is C19H31NO4. The summed E-state index contributed by atoms with van der Waals surface area (Å²) in [6.07, 6.45) is 0.461. The molecule has 2 unspecified atom stereocenters. The van der Waals surface area contributed by atoms with E-state index in [9.17, 15) is 4.79 Å². The Morgan fingerprint density at radius 1 is 1.08 bits per heavy atom. The highest BCUT2D eigenvalue weighted by atomic mass is 16.6. The van der Waals surface area contributed by atoms with E-state index in [0.717, 1.165) is 6.42 Å². The van der Waals surface area contributed by atoms with Crippen LogP contribution in [0.25, 0.3) is 0 Å². The third-order valence-corrected chi connectivity index (χ3v) is 3.70. The summed E-state index contributed by atoms with van der Waals surface area (Å²) in [6.45, 7) is 8.83. The number of nitrogens with zero attached hydrogens (tertiary/aromatic N) is 1. The molecule has 5 nitrogen and oxygen atoms in total. The Labute approximate surface area is 145 Å². The van der Waals surface area contributed by atoms with Gasteiger partial charge in [-0.15, -0.1) is 0 Å². The van der Waals surface area contributed by atoms with E-state index in [1.54, 1.807) is 19.1 Å². The van der Waals surface area contributed by atoms with Gasteiger partial charge in [-0.1, -0.05) is 35.9 Å². The van der Waals surface area contributed by atoms with Crippen LogP contribution in [0.15, 0.2) is 30.3 Å². The van der Waals surface area contributed by atoms with Gasteiger partial charge in [0.25, 0.3) is 0 Å². The van der Waals surface area contributed by atoms with Crippen LogP contribution in [0.1, 0.15) is 32.8 Å². The number of piperidine rings is 1. The Bertz CT molecular complexity index is 484. The quantitative estimate of drug-likeness (QED) is 0.826. The fourth-order valence-electron chi connectivity index (χ4n) is 2.42. The van der Waals surface area contributed by atoms with Crippen LogP contribution in [0.5, 0.6) is 0 Å². The van der Waals surface area contributed by atoms with Gasteiger partial charge in [-0.3, -0.25) is 0 Å². The van der Waals surface area contributed by atoms with Crippen LogP contribution in [-0.4, -0.2) is 56.1 Å². The smallest absolute Gasteiger partial charge is 0.410 e. The molecule has 1 aromatic carbocycles. The van der Waals surface area contributed by atoms with Gasteiger partial charge in [0.15, 0.2) is 0 Å². The largest absolute Gasteiger partial charge is 0.444 e.